The number of rotatable bonds is 6. The largest absolute Gasteiger partial charge is 0.327 e. The molecule has 1 atom stereocenters. The number of nitrogens with two attached hydrogens (primary N) is 1. The van der Waals surface area contributed by atoms with E-state index in [0.29, 0.717) is 6.04 Å². The van der Waals surface area contributed by atoms with Crippen molar-refractivity contribution in [1.82, 2.24) is 9.88 Å². The van der Waals surface area contributed by atoms with E-state index >= 15 is 0 Å². The molecule has 1 aromatic rings. The van der Waals surface area contributed by atoms with Crippen LogP contribution < -0.4 is 5.73 Å². The quantitative estimate of drug-likeness (QED) is 0.825. The van der Waals surface area contributed by atoms with E-state index in [4.69, 9.17) is 5.73 Å². The summed E-state index contributed by atoms with van der Waals surface area (Å²) in [6.07, 6.45) is 3.80. The normalized spacial score (nSPS) is 18.0. The molecule has 0 radical (unpaired) electrons. The average molecular weight is 239 g/mol. The van der Waals surface area contributed by atoms with Crippen molar-refractivity contribution >= 4 is 11.3 Å². The number of aromatic nitrogens is 1. The Hall–Kier alpha value is -0.450. The summed E-state index contributed by atoms with van der Waals surface area (Å²) in [5.74, 6) is 0.815. The van der Waals surface area contributed by atoms with Crippen LogP contribution in [0.1, 0.15) is 30.0 Å². The van der Waals surface area contributed by atoms with E-state index in [2.05, 4.69) is 29.2 Å². The van der Waals surface area contributed by atoms with Gasteiger partial charge >= 0.3 is 0 Å². The summed E-state index contributed by atoms with van der Waals surface area (Å²) in [5, 5.41) is 3.30. The van der Waals surface area contributed by atoms with Crippen molar-refractivity contribution in [3.8, 4) is 0 Å². The summed E-state index contributed by atoms with van der Waals surface area (Å²) in [7, 11) is 2.15. The maximum atomic E-state index is 6.08. The summed E-state index contributed by atoms with van der Waals surface area (Å²) >= 11 is 1.72. The van der Waals surface area contributed by atoms with Crippen LogP contribution in [0, 0.1) is 12.8 Å². The Morgan fingerprint density at radius 1 is 1.62 bits per heavy atom. The molecule has 0 saturated heterocycles. The van der Waals surface area contributed by atoms with Gasteiger partial charge in [-0.25, -0.2) is 4.98 Å². The summed E-state index contributed by atoms with van der Waals surface area (Å²) in [5.41, 5.74) is 7.27. The third-order valence-corrected chi connectivity index (χ3v) is 3.99. The van der Waals surface area contributed by atoms with Crippen LogP contribution >= 0.6 is 11.3 Å². The molecule has 1 saturated carbocycles. The molecule has 2 N–H and O–H groups in total. The first-order valence-electron chi connectivity index (χ1n) is 6.00. The number of hydrogen-bond acceptors (Lipinski definition) is 4. The smallest absolute Gasteiger partial charge is 0.0897 e. The van der Waals surface area contributed by atoms with Crippen molar-refractivity contribution in [2.75, 3.05) is 13.6 Å². The molecule has 1 unspecified atom stereocenters. The van der Waals surface area contributed by atoms with Gasteiger partial charge in [0.1, 0.15) is 0 Å². The number of hydrogen-bond donors (Lipinski definition) is 1. The van der Waals surface area contributed by atoms with Crippen LogP contribution in [0.2, 0.25) is 0 Å². The Balaban J connectivity index is 1.69. The first-order chi connectivity index (χ1) is 7.65. The molecular weight excluding hydrogens is 218 g/mol. The summed E-state index contributed by atoms with van der Waals surface area (Å²) in [6.45, 7) is 4.08. The van der Waals surface area contributed by atoms with Crippen LogP contribution in [-0.2, 0) is 6.54 Å². The first-order valence-corrected chi connectivity index (χ1v) is 6.88. The van der Waals surface area contributed by atoms with Gasteiger partial charge in [0.05, 0.1) is 10.7 Å². The lowest BCUT2D eigenvalue weighted by Crippen LogP contribution is -2.29. The van der Waals surface area contributed by atoms with Gasteiger partial charge in [0, 0.05) is 18.0 Å². The molecule has 1 heterocycles. The van der Waals surface area contributed by atoms with E-state index in [1.807, 2.05) is 0 Å². The predicted molar refractivity (Wildman–Crippen MR) is 68.5 cm³/mol. The Bertz CT molecular complexity index is 333. The highest BCUT2D eigenvalue weighted by atomic mass is 32.1. The molecule has 0 aliphatic heterocycles. The lowest BCUT2D eigenvalue weighted by molar-refractivity contribution is 0.302. The Labute approximate surface area is 102 Å². The molecular formula is C12H21N3S. The minimum Gasteiger partial charge on any atom is -0.327 e. The topological polar surface area (TPSA) is 42.2 Å². The Morgan fingerprint density at radius 3 is 2.94 bits per heavy atom. The molecule has 1 aliphatic carbocycles. The summed E-state index contributed by atoms with van der Waals surface area (Å²) in [4.78, 5) is 6.79. The second-order valence-corrected chi connectivity index (χ2v) is 5.95. The second kappa shape index (κ2) is 5.25. The maximum Gasteiger partial charge on any atom is 0.0897 e. The lowest BCUT2D eigenvalue weighted by atomic mass is 10.1. The van der Waals surface area contributed by atoms with Crippen LogP contribution in [0.25, 0.3) is 0 Å². The zero-order valence-corrected chi connectivity index (χ0v) is 11.0. The minimum absolute atomic E-state index is 0.416. The van der Waals surface area contributed by atoms with Crippen LogP contribution in [0.5, 0.6) is 0 Å². The molecule has 0 amide bonds. The van der Waals surface area contributed by atoms with Crippen LogP contribution in [-0.4, -0.2) is 29.5 Å². The third kappa shape index (κ3) is 3.54. The van der Waals surface area contributed by atoms with Gasteiger partial charge < -0.3 is 10.6 Å². The van der Waals surface area contributed by atoms with Gasteiger partial charge in [-0.15, -0.1) is 11.3 Å². The summed E-state index contributed by atoms with van der Waals surface area (Å²) < 4.78 is 0. The first kappa shape index (κ1) is 12.0. The van der Waals surface area contributed by atoms with Crippen molar-refractivity contribution in [3.63, 3.8) is 0 Å². The summed E-state index contributed by atoms with van der Waals surface area (Å²) in [6, 6.07) is 0.416. The minimum atomic E-state index is 0.416. The predicted octanol–water partition coefficient (Wildman–Crippen LogP) is 2.01. The van der Waals surface area contributed by atoms with Crippen LogP contribution in [0.4, 0.5) is 0 Å². The van der Waals surface area contributed by atoms with Crippen molar-refractivity contribution < 1.29 is 0 Å². The molecule has 4 heteroatoms. The molecule has 1 fully saturated rings. The average Bonchev–Trinajstić information content (AvgIpc) is 3.01. The second-order valence-electron chi connectivity index (χ2n) is 4.89. The van der Waals surface area contributed by atoms with Gasteiger partial charge in [-0.05, 0) is 45.7 Å². The Morgan fingerprint density at radius 2 is 2.38 bits per heavy atom. The zero-order valence-electron chi connectivity index (χ0n) is 10.1. The zero-order chi connectivity index (χ0) is 11.5. The number of nitrogens with zero attached hydrogens (tertiary/aromatic N) is 2. The van der Waals surface area contributed by atoms with Crippen molar-refractivity contribution in [3.05, 3.63) is 16.1 Å². The van der Waals surface area contributed by atoms with Gasteiger partial charge in [-0.3, -0.25) is 0 Å². The monoisotopic (exact) mass is 239 g/mol. The molecule has 0 aromatic carbocycles. The molecule has 0 bridgehead atoms. The van der Waals surface area contributed by atoms with Gasteiger partial charge in [0.25, 0.3) is 0 Å². The van der Waals surface area contributed by atoms with E-state index in [0.717, 1.165) is 30.4 Å². The van der Waals surface area contributed by atoms with E-state index < -0.39 is 0 Å². The van der Waals surface area contributed by atoms with Gasteiger partial charge in [0.15, 0.2) is 0 Å². The van der Waals surface area contributed by atoms with E-state index in [1.165, 1.54) is 18.5 Å². The van der Waals surface area contributed by atoms with Gasteiger partial charge in [-0.1, -0.05) is 0 Å². The molecule has 1 aliphatic rings. The van der Waals surface area contributed by atoms with Crippen molar-refractivity contribution in [2.24, 2.45) is 11.7 Å². The van der Waals surface area contributed by atoms with Crippen molar-refractivity contribution in [2.45, 2.75) is 38.8 Å². The fourth-order valence-corrected chi connectivity index (χ4v) is 2.57. The molecule has 0 spiro atoms. The third-order valence-electron chi connectivity index (χ3n) is 3.17. The Kier molecular flexibility index (Phi) is 3.95. The SMILES string of the molecule is Cc1nc(CN(C)CCC(N)C2CC2)cs1. The highest BCUT2D eigenvalue weighted by Crippen LogP contribution is 2.32. The van der Waals surface area contributed by atoms with E-state index in [1.54, 1.807) is 11.3 Å². The number of thiazole rings is 1. The standard InChI is InChI=1S/C12H21N3S/c1-9-14-11(8-16-9)7-15(2)6-5-12(13)10-3-4-10/h8,10,12H,3-7,13H2,1-2H3. The highest BCUT2D eigenvalue weighted by Gasteiger charge is 2.28. The van der Waals surface area contributed by atoms with Gasteiger partial charge in [-0.2, -0.15) is 0 Å². The van der Waals surface area contributed by atoms with E-state index in [9.17, 15) is 0 Å². The highest BCUT2D eigenvalue weighted by molar-refractivity contribution is 7.09. The van der Waals surface area contributed by atoms with Gasteiger partial charge in [0.2, 0.25) is 0 Å². The number of aryl methyl sites for hydroxylation is 1. The maximum absolute atomic E-state index is 6.08. The van der Waals surface area contributed by atoms with E-state index in [-0.39, 0.29) is 0 Å². The van der Waals surface area contributed by atoms with Crippen LogP contribution in [0.15, 0.2) is 5.38 Å². The van der Waals surface area contributed by atoms with Crippen molar-refractivity contribution in [1.29, 1.82) is 0 Å². The van der Waals surface area contributed by atoms with Crippen LogP contribution in [0.3, 0.4) is 0 Å². The molecule has 2 rings (SSSR count). The molecule has 3 nitrogen and oxygen atoms in total. The molecule has 16 heavy (non-hydrogen) atoms. The molecule has 90 valence electrons. The fourth-order valence-electron chi connectivity index (χ4n) is 1.97. The molecule has 1 aromatic heterocycles. The fraction of sp³-hybridized carbons (Fsp3) is 0.750. The lowest BCUT2D eigenvalue weighted by Gasteiger charge is -2.18.